The van der Waals surface area contributed by atoms with Crippen molar-refractivity contribution in [3.63, 3.8) is 0 Å². The predicted molar refractivity (Wildman–Crippen MR) is 121 cm³/mol. The molecule has 0 bridgehead atoms. The zero-order valence-electron chi connectivity index (χ0n) is 17.7. The lowest BCUT2D eigenvalue weighted by atomic mass is 10.1. The second kappa shape index (κ2) is 9.34. The minimum Gasteiger partial charge on any atom is -0.497 e. The predicted octanol–water partition coefficient (Wildman–Crippen LogP) is 4.36. The minimum absolute atomic E-state index is 0.119. The summed E-state index contributed by atoms with van der Waals surface area (Å²) >= 11 is 0. The highest BCUT2D eigenvalue weighted by atomic mass is 16.5. The summed E-state index contributed by atoms with van der Waals surface area (Å²) in [5.74, 6) is 2.17. The fraction of sp³-hybridized carbons (Fsp3) is 0.200. The number of amides is 1. The van der Waals surface area contributed by atoms with Crippen molar-refractivity contribution in [3.05, 3.63) is 89.7 Å². The number of ether oxygens (including phenoxy) is 2. The van der Waals surface area contributed by atoms with Crippen LogP contribution in [0.25, 0.3) is 11.0 Å². The van der Waals surface area contributed by atoms with Crippen LogP contribution in [0.5, 0.6) is 11.5 Å². The Labute approximate surface area is 181 Å². The number of nitrogens with one attached hydrogen (secondary N) is 1. The monoisotopic (exact) mass is 415 g/mol. The maximum atomic E-state index is 12.5. The Hall–Kier alpha value is -3.80. The summed E-state index contributed by atoms with van der Waals surface area (Å²) in [6, 6.07) is 23.0. The molecule has 0 atom stereocenters. The van der Waals surface area contributed by atoms with Crippen molar-refractivity contribution in [1.82, 2.24) is 14.9 Å². The molecule has 0 aliphatic rings. The zero-order chi connectivity index (χ0) is 21.6. The Morgan fingerprint density at radius 3 is 2.58 bits per heavy atom. The summed E-state index contributed by atoms with van der Waals surface area (Å²) < 4.78 is 13.2. The Morgan fingerprint density at radius 1 is 1.00 bits per heavy atom. The first-order valence-corrected chi connectivity index (χ1v) is 10.2. The van der Waals surface area contributed by atoms with Gasteiger partial charge in [0.05, 0.1) is 31.2 Å². The molecule has 158 valence electrons. The number of benzene rings is 3. The first-order chi connectivity index (χ1) is 15.1. The van der Waals surface area contributed by atoms with Crippen molar-refractivity contribution in [1.29, 1.82) is 0 Å². The smallest absolute Gasteiger partial charge is 0.251 e. The first-order valence-electron chi connectivity index (χ1n) is 10.2. The summed E-state index contributed by atoms with van der Waals surface area (Å²) in [5.41, 5.74) is 3.66. The summed E-state index contributed by atoms with van der Waals surface area (Å²) in [6.07, 6.45) is 0. The molecular formula is C25H25N3O3. The number of fused-ring (bicyclic) bond motifs is 1. The molecule has 0 saturated carbocycles. The lowest BCUT2D eigenvalue weighted by molar-refractivity contribution is 0.0949. The lowest BCUT2D eigenvalue weighted by Gasteiger charge is -2.12. The van der Waals surface area contributed by atoms with E-state index in [0.29, 0.717) is 25.3 Å². The number of methoxy groups -OCH3 is 1. The number of aryl methyl sites for hydroxylation is 1. The third-order valence-corrected chi connectivity index (χ3v) is 5.08. The summed E-state index contributed by atoms with van der Waals surface area (Å²) in [5, 5.41) is 2.98. The second-order valence-corrected chi connectivity index (χ2v) is 7.24. The van der Waals surface area contributed by atoms with Gasteiger partial charge in [0.15, 0.2) is 0 Å². The van der Waals surface area contributed by atoms with Crippen LogP contribution in [0.1, 0.15) is 21.7 Å². The van der Waals surface area contributed by atoms with Gasteiger partial charge in [-0.15, -0.1) is 0 Å². The molecule has 0 aliphatic carbocycles. The molecular weight excluding hydrogens is 390 g/mol. The van der Waals surface area contributed by atoms with Gasteiger partial charge in [-0.2, -0.15) is 0 Å². The molecule has 31 heavy (non-hydrogen) atoms. The van der Waals surface area contributed by atoms with Gasteiger partial charge >= 0.3 is 0 Å². The number of para-hydroxylation sites is 2. The number of nitrogens with zero attached hydrogens (tertiary/aromatic N) is 2. The fourth-order valence-electron chi connectivity index (χ4n) is 3.42. The minimum atomic E-state index is -0.119. The van der Waals surface area contributed by atoms with E-state index in [1.165, 1.54) is 0 Å². The van der Waals surface area contributed by atoms with Gasteiger partial charge < -0.3 is 19.4 Å². The van der Waals surface area contributed by atoms with Gasteiger partial charge in [0.1, 0.15) is 23.9 Å². The molecule has 3 aromatic carbocycles. The summed E-state index contributed by atoms with van der Waals surface area (Å²) in [7, 11) is 1.63. The van der Waals surface area contributed by atoms with Crippen molar-refractivity contribution < 1.29 is 14.3 Å². The third-order valence-electron chi connectivity index (χ3n) is 5.08. The van der Waals surface area contributed by atoms with Gasteiger partial charge in [-0.1, -0.05) is 35.9 Å². The topological polar surface area (TPSA) is 65.4 Å². The van der Waals surface area contributed by atoms with Crippen LogP contribution >= 0.6 is 0 Å². The summed E-state index contributed by atoms with van der Waals surface area (Å²) in [6.45, 7) is 3.40. The van der Waals surface area contributed by atoms with Gasteiger partial charge in [-0.25, -0.2) is 4.98 Å². The number of hydrogen-bond donors (Lipinski definition) is 1. The Morgan fingerprint density at radius 2 is 1.77 bits per heavy atom. The van der Waals surface area contributed by atoms with Gasteiger partial charge in [0, 0.05) is 11.6 Å². The van der Waals surface area contributed by atoms with Crippen molar-refractivity contribution in [3.8, 4) is 11.5 Å². The average molecular weight is 415 g/mol. The average Bonchev–Trinajstić information content (AvgIpc) is 3.15. The largest absolute Gasteiger partial charge is 0.497 e. The van der Waals surface area contributed by atoms with Gasteiger partial charge in [-0.3, -0.25) is 4.79 Å². The molecule has 0 unspecified atom stereocenters. The number of hydrogen-bond acceptors (Lipinski definition) is 4. The molecule has 1 aromatic heterocycles. The molecule has 6 heteroatoms. The number of imidazole rings is 1. The highest BCUT2D eigenvalue weighted by molar-refractivity contribution is 5.94. The maximum absolute atomic E-state index is 12.5. The van der Waals surface area contributed by atoms with Crippen molar-refractivity contribution >= 4 is 16.9 Å². The van der Waals surface area contributed by atoms with Gasteiger partial charge in [-0.05, 0) is 43.3 Å². The van der Waals surface area contributed by atoms with E-state index in [4.69, 9.17) is 14.5 Å². The number of rotatable bonds is 8. The number of carbonyl (C=O) groups is 1. The number of carbonyl (C=O) groups excluding carboxylic acids is 1. The van der Waals surface area contributed by atoms with Crippen LogP contribution in [-0.4, -0.2) is 29.2 Å². The van der Waals surface area contributed by atoms with Crippen LogP contribution in [-0.2, 0) is 13.1 Å². The Balaban J connectivity index is 1.47. The first kappa shape index (κ1) is 20.5. The van der Waals surface area contributed by atoms with Crippen LogP contribution in [0.15, 0.2) is 72.8 Å². The van der Waals surface area contributed by atoms with E-state index in [2.05, 4.69) is 9.88 Å². The fourth-order valence-corrected chi connectivity index (χ4v) is 3.42. The van der Waals surface area contributed by atoms with E-state index in [9.17, 15) is 4.79 Å². The zero-order valence-corrected chi connectivity index (χ0v) is 17.7. The van der Waals surface area contributed by atoms with Crippen molar-refractivity contribution in [2.24, 2.45) is 0 Å². The molecule has 1 heterocycles. The van der Waals surface area contributed by atoms with Crippen LogP contribution in [0.2, 0.25) is 0 Å². The SMILES string of the molecule is COc1cccc(OCCn2c(CNC(=O)c3ccc(C)cc3)nc3ccccc32)c1. The molecule has 4 rings (SSSR count). The van der Waals surface area contributed by atoms with E-state index in [-0.39, 0.29) is 5.91 Å². The molecule has 0 radical (unpaired) electrons. The summed E-state index contributed by atoms with van der Waals surface area (Å²) in [4.78, 5) is 17.2. The van der Waals surface area contributed by atoms with E-state index >= 15 is 0 Å². The molecule has 0 saturated heterocycles. The van der Waals surface area contributed by atoms with E-state index in [1.54, 1.807) is 7.11 Å². The lowest BCUT2D eigenvalue weighted by Crippen LogP contribution is -2.25. The highest BCUT2D eigenvalue weighted by Gasteiger charge is 2.12. The van der Waals surface area contributed by atoms with E-state index < -0.39 is 0 Å². The highest BCUT2D eigenvalue weighted by Crippen LogP contribution is 2.20. The Bertz CT molecular complexity index is 1180. The van der Waals surface area contributed by atoms with Crippen LogP contribution < -0.4 is 14.8 Å². The van der Waals surface area contributed by atoms with Crippen LogP contribution in [0.3, 0.4) is 0 Å². The quantitative estimate of drug-likeness (QED) is 0.464. The second-order valence-electron chi connectivity index (χ2n) is 7.24. The van der Waals surface area contributed by atoms with E-state index in [0.717, 1.165) is 33.9 Å². The van der Waals surface area contributed by atoms with Crippen molar-refractivity contribution in [2.45, 2.75) is 20.0 Å². The normalized spacial score (nSPS) is 10.8. The number of aromatic nitrogens is 2. The molecule has 4 aromatic rings. The third kappa shape index (κ3) is 4.86. The van der Waals surface area contributed by atoms with Crippen LogP contribution in [0.4, 0.5) is 0 Å². The van der Waals surface area contributed by atoms with Gasteiger partial charge in [0.2, 0.25) is 0 Å². The molecule has 0 spiro atoms. The van der Waals surface area contributed by atoms with Gasteiger partial charge in [0.25, 0.3) is 5.91 Å². The maximum Gasteiger partial charge on any atom is 0.251 e. The standard InChI is InChI=1S/C25H25N3O3/c1-18-10-12-19(13-11-18)25(29)26-17-24-27-22-8-3-4-9-23(22)28(24)14-15-31-21-7-5-6-20(16-21)30-2/h3-13,16H,14-15,17H2,1-2H3,(H,26,29). The molecule has 0 aliphatic heterocycles. The molecule has 1 amide bonds. The molecule has 6 nitrogen and oxygen atoms in total. The molecule has 0 fully saturated rings. The van der Waals surface area contributed by atoms with Crippen LogP contribution in [0, 0.1) is 6.92 Å². The molecule has 1 N–H and O–H groups in total. The Kier molecular flexibility index (Phi) is 6.17. The van der Waals surface area contributed by atoms with E-state index in [1.807, 2.05) is 79.7 Å². The van der Waals surface area contributed by atoms with Crippen molar-refractivity contribution in [2.75, 3.05) is 13.7 Å².